The number of esters is 1. The number of rotatable bonds is 3. The fraction of sp³-hybridized carbons (Fsp3) is 0.200. The topological polar surface area (TPSA) is 52.6 Å². The summed E-state index contributed by atoms with van der Waals surface area (Å²) in [5.74, 6) is 8.86. The second kappa shape index (κ2) is 6.88. The van der Waals surface area contributed by atoms with Crippen molar-refractivity contribution in [1.82, 2.24) is 0 Å². The molecule has 1 aromatic rings. The quantitative estimate of drug-likeness (QED) is 0.357. The van der Waals surface area contributed by atoms with Crippen molar-refractivity contribution >= 4 is 11.8 Å². The average Bonchev–Trinajstić information content (AvgIpc) is 2.45. The van der Waals surface area contributed by atoms with Crippen molar-refractivity contribution in [2.24, 2.45) is 0 Å². The Labute approximate surface area is 111 Å². The molecule has 0 spiro atoms. The monoisotopic (exact) mass is 256 g/mol. The minimum atomic E-state index is -0.649. The minimum absolute atomic E-state index is 0.0660. The van der Waals surface area contributed by atoms with Gasteiger partial charge in [0.1, 0.15) is 11.3 Å². The number of hydrogen-bond donors (Lipinski definition) is 0. The number of methoxy groups -OCH3 is 2. The number of benzene rings is 1. The van der Waals surface area contributed by atoms with Crippen molar-refractivity contribution in [1.29, 1.82) is 0 Å². The van der Waals surface area contributed by atoms with Crippen molar-refractivity contribution in [3.63, 3.8) is 0 Å². The fourth-order valence-corrected chi connectivity index (χ4v) is 1.42. The Kier molecular flexibility index (Phi) is 5.19. The molecule has 0 aromatic heterocycles. The molecule has 0 aliphatic rings. The molecule has 0 atom stereocenters. The van der Waals surface area contributed by atoms with Crippen LogP contribution in [0.4, 0.5) is 0 Å². The van der Waals surface area contributed by atoms with Crippen LogP contribution in [0, 0.1) is 23.7 Å². The molecule has 0 radical (unpaired) electrons. The standard InChI is InChI=1S/C15H12O4/c1-4-5-6-9-12(16)11-8-7-10-13(18-2)14(11)15(17)19-3/h7-8,10H,1-3H3. The van der Waals surface area contributed by atoms with Crippen LogP contribution < -0.4 is 4.74 Å². The Balaban J connectivity index is 3.34. The highest BCUT2D eigenvalue weighted by atomic mass is 16.5. The molecular weight excluding hydrogens is 244 g/mol. The lowest BCUT2D eigenvalue weighted by molar-refractivity contribution is 0.0594. The molecule has 1 aromatic carbocycles. The molecule has 96 valence electrons. The van der Waals surface area contributed by atoms with Gasteiger partial charge in [-0.15, -0.1) is 0 Å². The third-order valence-corrected chi connectivity index (χ3v) is 2.24. The van der Waals surface area contributed by atoms with E-state index < -0.39 is 11.8 Å². The first kappa shape index (κ1) is 14.3. The summed E-state index contributed by atoms with van der Waals surface area (Å²) in [7, 11) is 2.64. The Hall–Kier alpha value is -2.72. The summed E-state index contributed by atoms with van der Waals surface area (Å²) >= 11 is 0. The molecule has 0 bridgehead atoms. The lowest BCUT2D eigenvalue weighted by Crippen LogP contribution is -2.11. The van der Waals surface area contributed by atoms with E-state index in [0.29, 0.717) is 0 Å². The van der Waals surface area contributed by atoms with Gasteiger partial charge >= 0.3 is 5.97 Å². The lowest BCUT2D eigenvalue weighted by Gasteiger charge is -2.09. The Morgan fingerprint density at radius 3 is 2.47 bits per heavy atom. The van der Waals surface area contributed by atoms with Gasteiger partial charge in [-0.3, -0.25) is 4.79 Å². The molecule has 0 fully saturated rings. The highest BCUT2D eigenvalue weighted by Crippen LogP contribution is 2.23. The zero-order valence-corrected chi connectivity index (χ0v) is 10.9. The zero-order chi connectivity index (χ0) is 14.3. The van der Waals surface area contributed by atoms with Gasteiger partial charge in [0.05, 0.1) is 14.2 Å². The third-order valence-electron chi connectivity index (χ3n) is 2.24. The van der Waals surface area contributed by atoms with Crippen molar-refractivity contribution in [3.8, 4) is 29.4 Å². The highest BCUT2D eigenvalue weighted by Gasteiger charge is 2.21. The number of carbonyl (C=O) groups is 2. The van der Waals surface area contributed by atoms with Crippen LogP contribution in [0.5, 0.6) is 5.75 Å². The van der Waals surface area contributed by atoms with Crippen molar-refractivity contribution in [2.45, 2.75) is 6.92 Å². The van der Waals surface area contributed by atoms with Crippen LogP contribution in [0.1, 0.15) is 27.6 Å². The molecule has 1 rings (SSSR count). The highest BCUT2D eigenvalue weighted by molar-refractivity contribution is 6.15. The Bertz CT molecular complexity index is 621. The number of hydrogen-bond acceptors (Lipinski definition) is 4. The fourth-order valence-electron chi connectivity index (χ4n) is 1.42. The lowest BCUT2D eigenvalue weighted by atomic mass is 10.0. The summed E-state index contributed by atoms with van der Waals surface area (Å²) < 4.78 is 9.70. The van der Waals surface area contributed by atoms with Crippen LogP contribution in [0.15, 0.2) is 18.2 Å². The van der Waals surface area contributed by atoms with Gasteiger partial charge in [-0.25, -0.2) is 4.79 Å². The molecule has 0 N–H and O–H groups in total. The van der Waals surface area contributed by atoms with Gasteiger partial charge in [-0.1, -0.05) is 12.0 Å². The maximum absolute atomic E-state index is 11.9. The van der Waals surface area contributed by atoms with Crippen LogP contribution in [-0.4, -0.2) is 26.0 Å². The molecular formula is C15H12O4. The van der Waals surface area contributed by atoms with Gasteiger partial charge < -0.3 is 9.47 Å². The van der Waals surface area contributed by atoms with Crippen LogP contribution in [-0.2, 0) is 4.74 Å². The van der Waals surface area contributed by atoms with Gasteiger partial charge in [-0.2, -0.15) is 0 Å². The molecule has 4 nitrogen and oxygen atoms in total. The van der Waals surface area contributed by atoms with E-state index in [2.05, 4.69) is 28.4 Å². The summed E-state index contributed by atoms with van der Waals surface area (Å²) in [5.41, 5.74) is 0.202. The maximum Gasteiger partial charge on any atom is 0.342 e. The molecule has 0 saturated carbocycles. The van der Waals surface area contributed by atoms with Crippen molar-refractivity contribution in [2.75, 3.05) is 14.2 Å². The zero-order valence-electron chi connectivity index (χ0n) is 10.9. The second-order valence-corrected chi connectivity index (χ2v) is 3.33. The molecule has 0 saturated heterocycles. The maximum atomic E-state index is 11.9. The van der Waals surface area contributed by atoms with E-state index in [1.807, 2.05) is 0 Å². The van der Waals surface area contributed by atoms with Crippen LogP contribution >= 0.6 is 0 Å². The molecule has 0 heterocycles. The van der Waals surface area contributed by atoms with E-state index in [-0.39, 0.29) is 16.9 Å². The van der Waals surface area contributed by atoms with E-state index in [1.54, 1.807) is 19.1 Å². The summed E-state index contributed by atoms with van der Waals surface area (Å²) in [4.78, 5) is 23.6. The SMILES string of the molecule is CC#CC#CC(=O)c1cccc(OC)c1C(=O)OC. The Morgan fingerprint density at radius 2 is 1.89 bits per heavy atom. The number of ether oxygens (including phenoxy) is 2. The number of ketones is 1. The first-order valence-corrected chi connectivity index (χ1v) is 5.38. The predicted molar refractivity (Wildman–Crippen MR) is 69.9 cm³/mol. The van der Waals surface area contributed by atoms with E-state index in [1.165, 1.54) is 20.3 Å². The van der Waals surface area contributed by atoms with Crippen LogP contribution in [0.2, 0.25) is 0 Å². The largest absolute Gasteiger partial charge is 0.496 e. The predicted octanol–water partition coefficient (Wildman–Crippen LogP) is 1.69. The van der Waals surface area contributed by atoms with Gasteiger partial charge in [0.25, 0.3) is 0 Å². The third kappa shape index (κ3) is 3.37. The second-order valence-electron chi connectivity index (χ2n) is 3.33. The molecule has 0 aliphatic carbocycles. The summed E-state index contributed by atoms with van der Waals surface area (Å²) in [5, 5.41) is 0. The summed E-state index contributed by atoms with van der Waals surface area (Å²) in [6.07, 6.45) is 0. The number of carbonyl (C=O) groups excluding carboxylic acids is 2. The van der Waals surface area contributed by atoms with E-state index in [4.69, 9.17) is 4.74 Å². The van der Waals surface area contributed by atoms with Crippen LogP contribution in [0.3, 0.4) is 0 Å². The van der Waals surface area contributed by atoms with Gasteiger partial charge in [0.15, 0.2) is 0 Å². The van der Waals surface area contributed by atoms with E-state index >= 15 is 0 Å². The summed E-state index contributed by atoms with van der Waals surface area (Å²) in [6.45, 7) is 1.62. The van der Waals surface area contributed by atoms with Gasteiger partial charge in [-0.05, 0) is 36.8 Å². The molecule has 19 heavy (non-hydrogen) atoms. The smallest absolute Gasteiger partial charge is 0.342 e. The van der Waals surface area contributed by atoms with Crippen LogP contribution in [0.25, 0.3) is 0 Å². The van der Waals surface area contributed by atoms with Gasteiger partial charge in [0, 0.05) is 5.56 Å². The minimum Gasteiger partial charge on any atom is -0.496 e. The number of Topliss-reactive ketones (excluding diaryl/α,β-unsaturated/α-hetero) is 1. The molecule has 4 heteroatoms. The first-order valence-electron chi connectivity index (χ1n) is 5.38. The first-order chi connectivity index (χ1) is 9.15. The van der Waals surface area contributed by atoms with E-state index in [0.717, 1.165) is 0 Å². The van der Waals surface area contributed by atoms with Gasteiger partial charge in [0.2, 0.25) is 5.78 Å². The molecule has 0 amide bonds. The average molecular weight is 256 g/mol. The van der Waals surface area contributed by atoms with E-state index in [9.17, 15) is 9.59 Å². The molecule has 0 aliphatic heterocycles. The van der Waals surface area contributed by atoms with Crippen molar-refractivity contribution in [3.05, 3.63) is 29.3 Å². The normalized spacial score (nSPS) is 8.37. The Morgan fingerprint density at radius 1 is 1.16 bits per heavy atom. The van der Waals surface area contributed by atoms with Crippen molar-refractivity contribution < 1.29 is 19.1 Å². The summed E-state index contributed by atoms with van der Waals surface area (Å²) in [6, 6.07) is 4.67. The molecule has 0 unspecified atom stereocenters.